The lowest BCUT2D eigenvalue weighted by molar-refractivity contribution is -0.134. The Morgan fingerprint density at radius 2 is 1.89 bits per heavy atom. The van der Waals surface area contributed by atoms with E-state index >= 15 is 0 Å². The van der Waals surface area contributed by atoms with Crippen LogP contribution in [0.25, 0.3) is 11.1 Å². The predicted molar refractivity (Wildman–Crippen MR) is 105 cm³/mol. The van der Waals surface area contributed by atoms with Crippen molar-refractivity contribution in [3.8, 4) is 11.1 Å². The normalized spacial score (nSPS) is 17.1. The van der Waals surface area contributed by atoms with Gasteiger partial charge in [-0.3, -0.25) is 14.5 Å². The van der Waals surface area contributed by atoms with Gasteiger partial charge in [0.25, 0.3) is 0 Å². The molecule has 1 saturated heterocycles. The van der Waals surface area contributed by atoms with E-state index in [2.05, 4.69) is 4.98 Å². The van der Waals surface area contributed by atoms with E-state index in [-0.39, 0.29) is 11.9 Å². The van der Waals surface area contributed by atoms with Crippen molar-refractivity contribution in [1.29, 1.82) is 0 Å². The highest BCUT2D eigenvalue weighted by molar-refractivity contribution is 5.80. The molecule has 1 amide bonds. The van der Waals surface area contributed by atoms with Gasteiger partial charge < -0.3 is 4.90 Å². The van der Waals surface area contributed by atoms with Crippen molar-refractivity contribution < 1.29 is 4.79 Å². The Bertz CT molecular complexity index is 905. The lowest BCUT2D eigenvalue weighted by Gasteiger charge is -2.35. The molecule has 3 heterocycles. The van der Waals surface area contributed by atoms with Gasteiger partial charge in [0, 0.05) is 37.7 Å². The highest BCUT2D eigenvalue weighted by Gasteiger charge is 2.31. The quantitative estimate of drug-likeness (QED) is 0.711. The van der Waals surface area contributed by atoms with Crippen LogP contribution in [0.5, 0.6) is 0 Å². The van der Waals surface area contributed by atoms with E-state index in [1.807, 2.05) is 65.3 Å². The summed E-state index contributed by atoms with van der Waals surface area (Å²) in [7, 11) is 1.94. The second kappa shape index (κ2) is 7.74. The first-order chi connectivity index (χ1) is 13.2. The number of amides is 1. The van der Waals surface area contributed by atoms with Crippen LogP contribution in [0.3, 0.4) is 0 Å². The lowest BCUT2D eigenvalue weighted by Crippen LogP contribution is -2.39. The fraction of sp³-hybridized carbons (Fsp3) is 0.318. The Kier molecular flexibility index (Phi) is 5.01. The third-order valence-corrected chi connectivity index (χ3v) is 5.19. The molecule has 1 aromatic carbocycles. The Labute approximate surface area is 159 Å². The lowest BCUT2D eigenvalue weighted by atomic mass is 9.94. The Balaban J connectivity index is 1.64. The topological polar surface area (TPSA) is 51.0 Å². The minimum absolute atomic E-state index is 0.0272. The molecule has 0 saturated carbocycles. The molecular weight excluding hydrogens is 336 g/mol. The molecular formula is C22H24N4O. The van der Waals surface area contributed by atoms with Crippen LogP contribution >= 0.6 is 0 Å². The molecule has 1 aliphatic rings. The van der Waals surface area contributed by atoms with Gasteiger partial charge in [-0.05, 0) is 42.5 Å². The number of piperidine rings is 1. The predicted octanol–water partition coefficient (Wildman–Crippen LogP) is 3.78. The first-order valence-corrected chi connectivity index (χ1v) is 9.49. The molecule has 138 valence electrons. The second-order valence-corrected chi connectivity index (χ2v) is 7.10. The van der Waals surface area contributed by atoms with E-state index in [9.17, 15) is 4.79 Å². The largest absolute Gasteiger partial charge is 0.334 e. The number of carbonyl (C=O) groups is 1. The van der Waals surface area contributed by atoms with Crippen LogP contribution in [0.15, 0.2) is 61.1 Å². The van der Waals surface area contributed by atoms with Crippen LogP contribution in [0.4, 0.5) is 0 Å². The number of hydrogen-bond donors (Lipinski definition) is 0. The maximum Gasteiger partial charge on any atom is 0.227 e. The molecule has 0 spiro atoms. The van der Waals surface area contributed by atoms with E-state index in [4.69, 9.17) is 5.10 Å². The summed E-state index contributed by atoms with van der Waals surface area (Å²) >= 11 is 0. The number of pyridine rings is 1. The maximum absolute atomic E-state index is 13.1. The van der Waals surface area contributed by atoms with Crippen molar-refractivity contribution in [3.05, 3.63) is 72.3 Å². The third kappa shape index (κ3) is 3.77. The number of aryl methyl sites for hydroxylation is 1. The van der Waals surface area contributed by atoms with Crippen LogP contribution in [0.2, 0.25) is 0 Å². The molecule has 0 aliphatic carbocycles. The van der Waals surface area contributed by atoms with Crippen molar-refractivity contribution >= 4 is 5.91 Å². The van der Waals surface area contributed by atoms with Crippen molar-refractivity contribution in [2.45, 2.75) is 31.7 Å². The van der Waals surface area contributed by atoms with Crippen LogP contribution in [-0.2, 0) is 18.3 Å². The second-order valence-electron chi connectivity index (χ2n) is 7.10. The summed E-state index contributed by atoms with van der Waals surface area (Å²) in [5, 5.41) is 4.75. The molecule has 1 aliphatic heterocycles. The maximum atomic E-state index is 13.1. The summed E-state index contributed by atoms with van der Waals surface area (Å²) in [4.78, 5) is 19.2. The average Bonchev–Trinajstić information content (AvgIpc) is 3.11. The van der Waals surface area contributed by atoms with Gasteiger partial charge in [0.2, 0.25) is 5.91 Å². The molecule has 2 aromatic heterocycles. The molecule has 0 bridgehead atoms. The Morgan fingerprint density at radius 1 is 1.11 bits per heavy atom. The SMILES string of the molecule is Cn1cc(-c2ccncc2)c([C@@H]2CCCCN2C(=O)Cc2ccccc2)n1. The molecule has 0 radical (unpaired) electrons. The van der Waals surface area contributed by atoms with Gasteiger partial charge in [0.1, 0.15) is 0 Å². The molecule has 5 heteroatoms. The van der Waals surface area contributed by atoms with Crippen molar-refractivity contribution in [1.82, 2.24) is 19.7 Å². The molecule has 3 aromatic rings. The zero-order valence-corrected chi connectivity index (χ0v) is 15.6. The monoisotopic (exact) mass is 360 g/mol. The summed E-state index contributed by atoms with van der Waals surface area (Å²) in [5.74, 6) is 0.178. The van der Waals surface area contributed by atoms with Gasteiger partial charge in [-0.1, -0.05) is 30.3 Å². The number of nitrogens with zero attached hydrogens (tertiary/aromatic N) is 4. The number of benzene rings is 1. The Hall–Kier alpha value is -2.95. The Morgan fingerprint density at radius 3 is 2.67 bits per heavy atom. The number of hydrogen-bond acceptors (Lipinski definition) is 3. The van der Waals surface area contributed by atoms with Crippen molar-refractivity contribution in [2.75, 3.05) is 6.54 Å². The first-order valence-electron chi connectivity index (χ1n) is 9.49. The van der Waals surface area contributed by atoms with Crippen molar-refractivity contribution in [2.24, 2.45) is 7.05 Å². The third-order valence-electron chi connectivity index (χ3n) is 5.19. The molecule has 27 heavy (non-hydrogen) atoms. The molecule has 1 atom stereocenters. The van der Waals surface area contributed by atoms with E-state index in [1.54, 1.807) is 12.4 Å². The summed E-state index contributed by atoms with van der Waals surface area (Å²) in [5.41, 5.74) is 4.23. The first kappa shape index (κ1) is 17.5. The standard InChI is InChI=1S/C22H24N4O/c1-25-16-19(18-10-12-23-13-11-18)22(24-25)20-9-5-6-14-26(20)21(27)15-17-7-3-2-4-8-17/h2-4,7-8,10-13,16,20H,5-6,9,14-15H2,1H3/t20-/m0/s1. The summed E-state index contributed by atoms with van der Waals surface area (Å²) in [6.07, 6.45) is 9.20. The van der Waals surface area contributed by atoms with Gasteiger partial charge in [0.05, 0.1) is 18.2 Å². The number of carbonyl (C=O) groups excluding carboxylic acids is 1. The fourth-order valence-electron chi connectivity index (χ4n) is 3.89. The average molecular weight is 360 g/mol. The van der Waals surface area contributed by atoms with E-state index in [1.165, 1.54) is 0 Å². The molecule has 0 unspecified atom stereocenters. The zero-order chi connectivity index (χ0) is 18.6. The van der Waals surface area contributed by atoms with Crippen LogP contribution in [0.1, 0.15) is 36.6 Å². The van der Waals surface area contributed by atoms with Crippen LogP contribution in [0, 0.1) is 0 Å². The van der Waals surface area contributed by atoms with Gasteiger partial charge >= 0.3 is 0 Å². The van der Waals surface area contributed by atoms with Gasteiger partial charge in [0.15, 0.2) is 0 Å². The van der Waals surface area contributed by atoms with Gasteiger partial charge in [-0.15, -0.1) is 0 Å². The summed E-state index contributed by atoms with van der Waals surface area (Å²) in [6.45, 7) is 0.794. The fourth-order valence-corrected chi connectivity index (χ4v) is 3.89. The number of rotatable bonds is 4. The van der Waals surface area contributed by atoms with Crippen molar-refractivity contribution in [3.63, 3.8) is 0 Å². The van der Waals surface area contributed by atoms with Crippen LogP contribution < -0.4 is 0 Å². The van der Waals surface area contributed by atoms with Gasteiger partial charge in [-0.2, -0.15) is 5.10 Å². The molecule has 1 fully saturated rings. The highest BCUT2D eigenvalue weighted by atomic mass is 16.2. The highest BCUT2D eigenvalue weighted by Crippen LogP contribution is 2.36. The van der Waals surface area contributed by atoms with E-state index in [0.29, 0.717) is 6.42 Å². The number of likely N-dealkylation sites (tertiary alicyclic amines) is 1. The summed E-state index contributed by atoms with van der Waals surface area (Å²) in [6, 6.07) is 14.0. The summed E-state index contributed by atoms with van der Waals surface area (Å²) < 4.78 is 1.85. The van der Waals surface area contributed by atoms with E-state index in [0.717, 1.165) is 48.2 Å². The molecule has 0 N–H and O–H groups in total. The molecule has 4 rings (SSSR count). The van der Waals surface area contributed by atoms with Crippen LogP contribution in [-0.4, -0.2) is 32.1 Å². The number of aromatic nitrogens is 3. The minimum Gasteiger partial charge on any atom is -0.334 e. The minimum atomic E-state index is 0.0272. The van der Waals surface area contributed by atoms with E-state index < -0.39 is 0 Å². The smallest absolute Gasteiger partial charge is 0.227 e. The van der Waals surface area contributed by atoms with Gasteiger partial charge in [-0.25, -0.2) is 0 Å². The molecule has 5 nitrogen and oxygen atoms in total. The zero-order valence-electron chi connectivity index (χ0n) is 15.6.